The maximum absolute atomic E-state index is 10.9. The Bertz CT molecular complexity index is 920. The van der Waals surface area contributed by atoms with E-state index in [1.54, 1.807) is 13.2 Å². The molecule has 0 bridgehead atoms. The van der Waals surface area contributed by atoms with E-state index in [9.17, 15) is 9.90 Å². The second-order valence-corrected chi connectivity index (χ2v) is 5.82. The number of nitrogens with one attached hydrogen (secondary N) is 1. The van der Waals surface area contributed by atoms with Crippen molar-refractivity contribution in [3.63, 3.8) is 0 Å². The molecule has 0 spiro atoms. The number of carboxylic acids is 1. The normalized spacial score (nSPS) is 10.3. The quantitative estimate of drug-likeness (QED) is 0.615. The number of ether oxygens (including phenoxy) is 1. The first kappa shape index (κ1) is 17.4. The fourth-order valence-corrected chi connectivity index (χ4v) is 2.64. The molecule has 0 aliphatic heterocycles. The van der Waals surface area contributed by atoms with Gasteiger partial charge in [-0.25, -0.2) is 4.79 Å². The van der Waals surface area contributed by atoms with Gasteiger partial charge in [0.1, 0.15) is 17.1 Å². The van der Waals surface area contributed by atoms with E-state index in [4.69, 9.17) is 9.84 Å². The number of hydrogen-bond acceptors (Lipinski definition) is 4. The highest BCUT2D eigenvalue weighted by Crippen LogP contribution is 2.25. The minimum absolute atomic E-state index is 0.113. The van der Waals surface area contributed by atoms with Crippen LogP contribution in [0, 0.1) is 0 Å². The summed E-state index contributed by atoms with van der Waals surface area (Å²) in [5.74, 6) is -0.587. The van der Waals surface area contributed by atoms with Crippen molar-refractivity contribution in [1.82, 2.24) is 0 Å². The van der Waals surface area contributed by atoms with Crippen LogP contribution in [0.4, 0.5) is 5.69 Å². The SMILES string of the molecule is COc1cccc(-c2ccc(CNc3ccc(C(=O)O)c(O)c3)cc2)c1. The molecular weight excluding hydrogens is 330 g/mol. The number of methoxy groups -OCH3 is 1. The van der Waals surface area contributed by atoms with Gasteiger partial charge in [-0.05, 0) is 41.0 Å². The summed E-state index contributed by atoms with van der Waals surface area (Å²) in [6.07, 6.45) is 0. The van der Waals surface area contributed by atoms with Crippen molar-refractivity contribution in [2.75, 3.05) is 12.4 Å². The van der Waals surface area contributed by atoms with E-state index in [2.05, 4.69) is 5.32 Å². The van der Waals surface area contributed by atoms with Gasteiger partial charge < -0.3 is 20.3 Å². The van der Waals surface area contributed by atoms with E-state index < -0.39 is 5.97 Å². The average Bonchev–Trinajstić information content (AvgIpc) is 2.66. The molecule has 0 radical (unpaired) electrons. The van der Waals surface area contributed by atoms with Gasteiger partial charge in [0, 0.05) is 18.3 Å². The largest absolute Gasteiger partial charge is 0.507 e. The molecule has 3 N–H and O–H groups in total. The van der Waals surface area contributed by atoms with Crippen LogP contribution in [0.1, 0.15) is 15.9 Å². The van der Waals surface area contributed by atoms with E-state index in [-0.39, 0.29) is 11.3 Å². The van der Waals surface area contributed by atoms with Gasteiger partial charge in [-0.1, -0.05) is 36.4 Å². The van der Waals surface area contributed by atoms with Crippen molar-refractivity contribution < 1.29 is 19.7 Å². The molecule has 0 heterocycles. The van der Waals surface area contributed by atoms with Gasteiger partial charge in [-0.15, -0.1) is 0 Å². The van der Waals surface area contributed by atoms with Gasteiger partial charge in [0.2, 0.25) is 0 Å². The van der Waals surface area contributed by atoms with Gasteiger partial charge in [-0.2, -0.15) is 0 Å². The van der Waals surface area contributed by atoms with Crippen molar-refractivity contribution in [2.24, 2.45) is 0 Å². The number of hydrogen-bond donors (Lipinski definition) is 3. The summed E-state index contributed by atoms with van der Waals surface area (Å²) in [6, 6.07) is 20.4. The molecule has 132 valence electrons. The molecular formula is C21H19NO4. The van der Waals surface area contributed by atoms with Crippen LogP contribution in [-0.4, -0.2) is 23.3 Å². The number of anilines is 1. The lowest BCUT2D eigenvalue weighted by atomic mass is 10.0. The van der Waals surface area contributed by atoms with Gasteiger partial charge in [0.15, 0.2) is 0 Å². The minimum atomic E-state index is -1.15. The fraction of sp³-hybridized carbons (Fsp3) is 0.0952. The van der Waals surface area contributed by atoms with Gasteiger partial charge in [0.05, 0.1) is 7.11 Å². The van der Waals surface area contributed by atoms with E-state index in [1.165, 1.54) is 12.1 Å². The molecule has 0 saturated carbocycles. The van der Waals surface area contributed by atoms with E-state index in [1.807, 2.05) is 48.5 Å². The molecule has 0 saturated heterocycles. The molecule has 0 fully saturated rings. The molecule has 5 nitrogen and oxygen atoms in total. The van der Waals surface area contributed by atoms with Crippen LogP contribution < -0.4 is 10.1 Å². The number of carboxylic acid groups (broad SMARTS) is 1. The monoisotopic (exact) mass is 349 g/mol. The highest BCUT2D eigenvalue weighted by molar-refractivity contribution is 5.91. The molecule has 0 atom stereocenters. The molecule has 0 aliphatic rings. The second kappa shape index (κ2) is 7.61. The van der Waals surface area contributed by atoms with Crippen LogP contribution in [0.5, 0.6) is 11.5 Å². The molecule has 26 heavy (non-hydrogen) atoms. The highest BCUT2D eigenvalue weighted by Gasteiger charge is 2.09. The standard InChI is InChI=1S/C21H19NO4/c1-26-18-4-2-3-16(11-18)15-7-5-14(6-8-15)13-22-17-9-10-19(21(24)25)20(23)12-17/h2-12,22-23H,13H2,1H3,(H,24,25). The second-order valence-electron chi connectivity index (χ2n) is 5.82. The van der Waals surface area contributed by atoms with Crippen LogP contribution >= 0.6 is 0 Å². The topological polar surface area (TPSA) is 78.8 Å². The third-order valence-electron chi connectivity index (χ3n) is 4.08. The van der Waals surface area contributed by atoms with Crippen molar-refractivity contribution >= 4 is 11.7 Å². The van der Waals surface area contributed by atoms with Gasteiger partial charge >= 0.3 is 5.97 Å². The zero-order chi connectivity index (χ0) is 18.5. The van der Waals surface area contributed by atoms with E-state index in [0.717, 1.165) is 22.4 Å². The smallest absolute Gasteiger partial charge is 0.339 e. The summed E-state index contributed by atoms with van der Waals surface area (Å²) in [6.45, 7) is 0.560. The number of rotatable bonds is 6. The maximum atomic E-state index is 10.9. The summed E-state index contributed by atoms with van der Waals surface area (Å²) >= 11 is 0. The number of phenols is 1. The van der Waals surface area contributed by atoms with Crippen molar-refractivity contribution in [1.29, 1.82) is 0 Å². The summed E-state index contributed by atoms with van der Waals surface area (Å²) in [7, 11) is 1.65. The third kappa shape index (κ3) is 3.95. The summed E-state index contributed by atoms with van der Waals surface area (Å²) in [5, 5.41) is 21.8. The highest BCUT2D eigenvalue weighted by atomic mass is 16.5. The van der Waals surface area contributed by atoms with E-state index >= 15 is 0 Å². The summed E-state index contributed by atoms with van der Waals surface area (Å²) in [5.41, 5.74) is 3.79. The fourth-order valence-electron chi connectivity index (χ4n) is 2.64. The lowest BCUT2D eigenvalue weighted by Crippen LogP contribution is -2.01. The van der Waals surface area contributed by atoms with Crippen molar-refractivity contribution in [3.05, 3.63) is 77.9 Å². The van der Waals surface area contributed by atoms with Crippen molar-refractivity contribution in [2.45, 2.75) is 6.54 Å². The van der Waals surface area contributed by atoms with E-state index in [0.29, 0.717) is 12.2 Å². The van der Waals surface area contributed by atoms with Crippen LogP contribution in [0.2, 0.25) is 0 Å². The molecule has 3 rings (SSSR count). The predicted molar refractivity (Wildman–Crippen MR) is 101 cm³/mol. The molecule has 3 aromatic carbocycles. The minimum Gasteiger partial charge on any atom is -0.507 e. The first-order valence-corrected chi connectivity index (χ1v) is 8.10. The molecule has 0 aliphatic carbocycles. The zero-order valence-electron chi connectivity index (χ0n) is 14.3. The number of carbonyl (C=O) groups is 1. The summed E-state index contributed by atoms with van der Waals surface area (Å²) < 4.78 is 5.25. The van der Waals surface area contributed by atoms with Crippen molar-refractivity contribution in [3.8, 4) is 22.6 Å². The number of benzene rings is 3. The average molecular weight is 349 g/mol. The first-order chi connectivity index (χ1) is 12.6. The lowest BCUT2D eigenvalue weighted by Gasteiger charge is -2.09. The molecule has 0 unspecified atom stereocenters. The van der Waals surface area contributed by atoms with Crippen LogP contribution in [-0.2, 0) is 6.54 Å². The maximum Gasteiger partial charge on any atom is 0.339 e. The molecule has 0 aromatic heterocycles. The number of aromatic hydroxyl groups is 1. The Labute approximate surface area is 151 Å². The Morgan fingerprint density at radius 3 is 2.42 bits per heavy atom. The third-order valence-corrected chi connectivity index (χ3v) is 4.08. The lowest BCUT2D eigenvalue weighted by molar-refractivity contribution is 0.0694. The Hall–Kier alpha value is -3.47. The molecule has 3 aromatic rings. The molecule has 5 heteroatoms. The van der Waals surface area contributed by atoms with Gasteiger partial charge in [0.25, 0.3) is 0 Å². The Morgan fingerprint density at radius 2 is 1.77 bits per heavy atom. The Morgan fingerprint density at radius 1 is 1.00 bits per heavy atom. The van der Waals surface area contributed by atoms with Crippen LogP contribution in [0.25, 0.3) is 11.1 Å². The first-order valence-electron chi connectivity index (χ1n) is 8.10. The predicted octanol–water partition coefficient (Wildman–Crippen LogP) is 4.38. The van der Waals surface area contributed by atoms with Crippen LogP contribution in [0.3, 0.4) is 0 Å². The summed E-state index contributed by atoms with van der Waals surface area (Å²) in [4.78, 5) is 10.9. The molecule has 0 amide bonds. The Balaban J connectivity index is 1.68. The van der Waals surface area contributed by atoms with Crippen LogP contribution in [0.15, 0.2) is 66.7 Å². The Kier molecular flexibility index (Phi) is 5.08. The number of aromatic carboxylic acids is 1. The zero-order valence-corrected chi connectivity index (χ0v) is 14.3. The van der Waals surface area contributed by atoms with Gasteiger partial charge in [-0.3, -0.25) is 0 Å².